The number of nitrogens with zero attached hydrogens (tertiary/aromatic N) is 3. The number of halogens is 1. The third-order valence-electron chi connectivity index (χ3n) is 2.65. The zero-order chi connectivity index (χ0) is 13.2. The van der Waals surface area contributed by atoms with Gasteiger partial charge in [-0.05, 0) is 18.6 Å². The van der Waals surface area contributed by atoms with Crippen LogP contribution in [0, 0.1) is 11.3 Å². The number of hydrogen-bond donors (Lipinski definition) is 0. The molecule has 2 rings (SSSR count). The van der Waals surface area contributed by atoms with E-state index in [2.05, 4.69) is 4.98 Å². The average molecular weight is 284 g/mol. The average Bonchev–Trinajstić information content (AvgIpc) is 2.39. The SMILES string of the molecule is N#CC1=CCN(S(=O)(=O)c2ccc(Cl)nc2)CC1. The first-order valence-corrected chi connectivity index (χ1v) is 7.06. The predicted molar refractivity (Wildman–Crippen MR) is 66.3 cm³/mol. The summed E-state index contributed by atoms with van der Waals surface area (Å²) in [6.07, 6.45) is 3.31. The van der Waals surface area contributed by atoms with Crippen molar-refractivity contribution in [3.05, 3.63) is 35.1 Å². The lowest BCUT2D eigenvalue weighted by molar-refractivity contribution is 0.433. The smallest absolute Gasteiger partial charge is 0.243 e. The highest BCUT2D eigenvalue weighted by Crippen LogP contribution is 2.20. The molecule has 7 heteroatoms. The Labute approximate surface area is 110 Å². The van der Waals surface area contributed by atoms with Crippen LogP contribution in [0.25, 0.3) is 0 Å². The van der Waals surface area contributed by atoms with E-state index in [-0.39, 0.29) is 16.6 Å². The van der Waals surface area contributed by atoms with Gasteiger partial charge >= 0.3 is 0 Å². The van der Waals surface area contributed by atoms with Gasteiger partial charge in [0.1, 0.15) is 10.0 Å². The number of sulfonamides is 1. The first kappa shape index (κ1) is 13.0. The van der Waals surface area contributed by atoms with Gasteiger partial charge < -0.3 is 0 Å². The molecule has 18 heavy (non-hydrogen) atoms. The van der Waals surface area contributed by atoms with Crippen molar-refractivity contribution in [1.82, 2.24) is 9.29 Å². The molecule has 0 spiro atoms. The van der Waals surface area contributed by atoms with Crippen LogP contribution in [0.15, 0.2) is 34.9 Å². The first-order valence-electron chi connectivity index (χ1n) is 5.25. The lowest BCUT2D eigenvalue weighted by Gasteiger charge is -2.23. The Bertz CT molecular complexity index is 617. The summed E-state index contributed by atoms with van der Waals surface area (Å²) in [5.74, 6) is 0. The molecule has 1 aromatic rings. The molecule has 0 amide bonds. The summed E-state index contributed by atoms with van der Waals surface area (Å²) in [7, 11) is -3.55. The van der Waals surface area contributed by atoms with Crippen LogP contribution in [-0.2, 0) is 10.0 Å². The van der Waals surface area contributed by atoms with Crippen molar-refractivity contribution in [1.29, 1.82) is 5.26 Å². The van der Waals surface area contributed by atoms with Gasteiger partial charge in [0.15, 0.2) is 0 Å². The summed E-state index contributed by atoms with van der Waals surface area (Å²) < 4.78 is 25.8. The predicted octanol–water partition coefficient (Wildman–Crippen LogP) is 1.58. The lowest BCUT2D eigenvalue weighted by Crippen LogP contribution is -2.34. The summed E-state index contributed by atoms with van der Waals surface area (Å²) in [6, 6.07) is 4.90. The molecule has 1 aliphatic heterocycles. The summed E-state index contributed by atoms with van der Waals surface area (Å²) in [6.45, 7) is 0.526. The molecule has 94 valence electrons. The number of aromatic nitrogens is 1. The van der Waals surface area contributed by atoms with Crippen LogP contribution in [0.3, 0.4) is 0 Å². The van der Waals surface area contributed by atoms with Gasteiger partial charge in [-0.25, -0.2) is 13.4 Å². The fourth-order valence-corrected chi connectivity index (χ4v) is 3.07. The summed E-state index contributed by atoms with van der Waals surface area (Å²) in [5, 5.41) is 8.97. The minimum atomic E-state index is -3.55. The molecule has 0 saturated heterocycles. The van der Waals surface area contributed by atoms with Crippen molar-refractivity contribution in [3.8, 4) is 6.07 Å². The Balaban J connectivity index is 2.26. The first-order chi connectivity index (χ1) is 8.54. The highest BCUT2D eigenvalue weighted by Gasteiger charge is 2.26. The summed E-state index contributed by atoms with van der Waals surface area (Å²) >= 11 is 5.62. The highest BCUT2D eigenvalue weighted by molar-refractivity contribution is 7.89. The molecule has 0 aliphatic carbocycles. The molecule has 0 saturated carbocycles. The molecule has 0 radical (unpaired) electrons. The van der Waals surface area contributed by atoms with E-state index in [1.54, 1.807) is 6.08 Å². The van der Waals surface area contributed by atoms with Crippen LogP contribution in [0.2, 0.25) is 5.15 Å². The van der Waals surface area contributed by atoms with Gasteiger partial charge in [-0.3, -0.25) is 0 Å². The van der Waals surface area contributed by atoms with Crippen molar-refractivity contribution in [2.45, 2.75) is 11.3 Å². The molecule has 0 atom stereocenters. The van der Waals surface area contributed by atoms with E-state index in [4.69, 9.17) is 16.9 Å². The number of nitriles is 1. The van der Waals surface area contributed by atoms with Crippen molar-refractivity contribution in [2.24, 2.45) is 0 Å². The standard InChI is InChI=1S/C11H10ClN3O2S/c12-11-2-1-10(8-14-11)18(16,17)15-5-3-9(7-13)4-6-15/h1-3,8H,4-6H2. The zero-order valence-electron chi connectivity index (χ0n) is 9.38. The molecular weight excluding hydrogens is 274 g/mol. The number of hydrogen-bond acceptors (Lipinski definition) is 4. The second-order valence-electron chi connectivity index (χ2n) is 3.77. The third-order valence-corrected chi connectivity index (χ3v) is 4.73. The minimum Gasteiger partial charge on any atom is -0.243 e. The monoisotopic (exact) mass is 283 g/mol. The van der Waals surface area contributed by atoms with Crippen LogP contribution in [0.4, 0.5) is 0 Å². The van der Waals surface area contributed by atoms with Crippen molar-refractivity contribution >= 4 is 21.6 Å². The van der Waals surface area contributed by atoms with Crippen LogP contribution < -0.4 is 0 Å². The van der Waals surface area contributed by atoms with Gasteiger partial charge in [0.25, 0.3) is 0 Å². The molecule has 0 aromatic carbocycles. The van der Waals surface area contributed by atoms with Crippen LogP contribution >= 0.6 is 11.6 Å². The maximum atomic E-state index is 12.2. The van der Waals surface area contributed by atoms with Gasteiger partial charge in [-0.15, -0.1) is 0 Å². The Morgan fingerprint density at radius 2 is 2.22 bits per heavy atom. The second kappa shape index (κ2) is 5.06. The second-order valence-corrected chi connectivity index (χ2v) is 6.10. The molecule has 0 unspecified atom stereocenters. The summed E-state index contributed by atoms with van der Waals surface area (Å²) in [5.41, 5.74) is 0.621. The van der Waals surface area contributed by atoms with E-state index in [1.165, 1.54) is 22.6 Å². The normalized spacial score (nSPS) is 17.0. The van der Waals surface area contributed by atoms with Gasteiger partial charge in [0, 0.05) is 24.9 Å². The van der Waals surface area contributed by atoms with Gasteiger partial charge in [0.05, 0.1) is 6.07 Å². The quantitative estimate of drug-likeness (QED) is 0.772. The van der Waals surface area contributed by atoms with Gasteiger partial charge in [-0.1, -0.05) is 17.7 Å². The number of rotatable bonds is 2. The molecule has 1 aromatic heterocycles. The Morgan fingerprint density at radius 1 is 1.44 bits per heavy atom. The topological polar surface area (TPSA) is 74.1 Å². The van der Waals surface area contributed by atoms with Crippen LogP contribution in [0.1, 0.15) is 6.42 Å². The van der Waals surface area contributed by atoms with E-state index >= 15 is 0 Å². The van der Waals surface area contributed by atoms with Crippen LogP contribution in [-0.4, -0.2) is 30.8 Å². The van der Waals surface area contributed by atoms with Crippen molar-refractivity contribution < 1.29 is 8.42 Å². The van der Waals surface area contributed by atoms with E-state index in [0.717, 1.165) is 0 Å². The fourth-order valence-electron chi connectivity index (χ4n) is 1.63. The Kier molecular flexibility index (Phi) is 3.66. The molecule has 5 nitrogen and oxygen atoms in total. The zero-order valence-corrected chi connectivity index (χ0v) is 10.9. The maximum absolute atomic E-state index is 12.2. The van der Waals surface area contributed by atoms with Crippen molar-refractivity contribution in [2.75, 3.05) is 13.1 Å². The molecule has 2 heterocycles. The maximum Gasteiger partial charge on any atom is 0.244 e. The minimum absolute atomic E-state index is 0.112. The van der Waals surface area contributed by atoms with Crippen molar-refractivity contribution in [3.63, 3.8) is 0 Å². The fraction of sp³-hybridized carbons (Fsp3) is 0.273. The van der Waals surface area contributed by atoms with Gasteiger partial charge in [-0.2, -0.15) is 9.57 Å². The molecule has 0 fully saturated rings. The Hall–Kier alpha value is -1.42. The van der Waals surface area contributed by atoms with E-state index in [9.17, 15) is 8.42 Å². The Morgan fingerprint density at radius 3 is 2.72 bits per heavy atom. The van der Waals surface area contributed by atoms with Crippen LogP contribution in [0.5, 0.6) is 0 Å². The number of pyridine rings is 1. The third kappa shape index (κ3) is 2.53. The van der Waals surface area contributed by atoms with E-state index in [0.29, 0.717) is 18.5 Å². The van der Waals surface area contributed by atoms with E-state index in [1.807, 2.05) is 6.07 Å². The molecular formula is C11H10ClN3O2S. The molecule has 1 aliphatic rings. The largest absolute Gasteiger partial charge is 0.244 e. The molecule has 0 N–H and O–H groups in total. The molecule has 0 bridgehead atoms. The van der Waals surface area contributed by atoms with Gasteiger partial charge in [0.2, 0.25) is 10.0 Å². The van der Waals surface area contributed by atoms with E-state index < -0.39 is 10.0 Å². The highest BCUT2D eigenvalue weighted by atomic mass is 35.5. The lowest BCUT2D eigenvalue weighted by atomic mass is 10.1. The summed E-state index contributed by atoms with van der Waals surface area (Å²) in [4.78, 5) is 3.87.